The number of aliphatic carboxylic acids is 1. The summed E-state index contributed by atoms with van der Waals surface area (Å²) in [7, 11) is 0. The number of phenolic OH excluding ortho intramolecular Hbond substituents is 1. The van der Waals surface area contributed by atoms with E-state index < -0.39 is 12.0 Å². The van der Waals surface area contributed by atoms with Gasteiger partial charge in [0, 0.05) is 29.6 Å². The molecule has 0 aliphatic heterocycles. The van der Waals surface area contributed by atoms with Crippen LogP contribution in [0.3, 0.4) is 0 Å². The molecule has 104 valence electrons. The molecule has 3 N–H and O–H groups in total. The molecule has 2 rings (SSSR count). The number of hydrogen-bond donors (Lipinski definition) is 3. The van der Waals surface area contributed by atoms with E-state index in [1.165, 1.54) is 6.33 Å². The highest BCUT2D eigenvalue weighted by Crippen LogP contribution is 2.17. The summed E-state index contributed by atoms with van der Waals surface area (Å²) in [6.07, 6.45) is 3.29. The van der Waals surface area contributed by atoms with Crippen molar-refractivity contribution in [1.29, 1.82) is 0 Å². The van der Waals surface area contributed by atoms with Crippen LogP contribution < -0.4 is 0 Å². The Kier molecular flexibility index (Phi) is 4.14. The van der Waals surface area contributed by atoms with Gasteiger partial charge in [-0.1, -0.05) is 12.1 Å². The largest absolute Gasteiger partial charge is 0.507 e. The number of H-pyrrole nitrogens is 1. The summed E-state index contributed by atoms with van der Waals surface area (Å²) in [5.74, 6) is -0.936. The van der Waals surface area contributed by atoms with Crippen LogP contribution in [-0.2, 0) is 11.2 Å². The lowest BCUT2D eigenvalue weighted by atomic mass is 10.1. The molecule has 0 saturated carbocycles. The standard InChI is InChI=1S/C14H15N3O3/c1-9(11-4-2-3-5-13(11)18)17-12(14(19)20)6-10-7-15-8-16-10/h2-5,7-8,12,18H,6H2,1H3,(H,15,16)(H,19,20)/t12-/m0/s1. The molecule has 0 aliphatic rings. The summed E-state index contributed by atoms with van der Waals surface area (Å²) in [6.45, 7) is 1.68. The average molecular weight is 273 g/mol. The molecule has 1 aromatic heterocycles. The summed E-state index contributed by atoms with van der Waals surface area (Å²) < 4.78 is 0. The van der Waals surface area contributed by atoms with Crippen LogP contribution >= 0.6 is 0 Å². The van der Waals surface area contributed by atoms with Gasteiger partial charge in [-0.25, -0.2) is 9.78 Å². The van der Waals surface area contributed by atoms with Crippen LogP contribution in [0.4, 0.5) is 0 Å². The number of nitrogens with one attached hydrogen (secondary N) is 1. The third kappa shape index (κ3) is 3.23. The second kappa shape index (κ2) is 6.01. The SMILES string of the molecule is CC(=N[C@@H](Cc1cnc[nH]1)C(=O)O)c1ccccc1O. The lowest BCUT2D eigenvalue weighted by Crippen LogP contribution is -2.22. The van der Waals surface area contributed by atoms with Gasteiger partial charge in [0.1, 0.15) is 5.75 Å². The summed E-state index contributed by atoms with van der Waals surface area (Å²) in [5, 5.41) is 19.0. The fourth-order valence-electron chi connectivity index (χ4n) is 1.88. The van der Waals surface area contributed by atoms with Crippen molar-refractivity contribution < 1.29 is 15.0 Å². The van der Waals surface area contributed by atoms with Gasteiger partial charge in [-0.2, -0.15) is 0 Å². The number of carboxylic acid groups (broad SMARTS) is 1. The van der Waals surface area contributed by atoms with Gasteiger partial charge in [0.25, 0.3) is 0 Å². The number of nitrogens with zero attached hydrogens (tertiary/aromatic N) is 2. The number of aliphatic imine (C=N–C) groups is 1. The van der Waals surface area contributed by atoms with Crippen LogP contribution in [0.15, 0.2) is 41.8 Å². The van der Waals surface area contributed by atoms with E-state index in [4.69, 9.17) is 0 Å². The molecule has 6 heteroatoms. The van der Waals surface area contributed by atoms with Gasteiger partial charge < -0.3 is 15.2 Å². The van der Waals surface area contributed by atoms with E-state index >= 15 is 0 Å². The van der Waals surface area contributed by atoms with Crippen molar-refractivity contribution in [3.8, 4) is 5.75 Å². The molecular formula is C14H15N3O3. The maximum atomic E-state index is 11.3. The van der Waals surface area contributed by atoms with Crippen molar-refractivity contribution in [3.05, 3.63) is 48.0 Å². The molecule has 0 bridgehead atoms. The highest BCUT2D eigenvalue weighted by atomic mass is 16.4. The molecular weight excluding hydrogens is 258 g/mol. The maximum absolute atomic E-state index is 11.3. The second-order valence-electron chi connectivity index (χ2n) is 4.37. The summed E-state index contributed by atoms with van der Waals surface area (Å²) in [6, 6.07) is 5.78. The first-order valence-corrected chi connectivity index (χ1v) is 6.10. The molecule has 2 aromatic rings. The van der Waals surface area contributed by atoms with Crippen molar-refractivity contribution in [2.45, 2.75) is 19.4 Å². The number of carbonyl (C=O) groups is 1. The molecule has 1 heterocycles. The van der Waals surface area contributed by atoms with E-state index in [1.807, 2.05) is 0 Å². The Balaban J connectivity index is 2.24. The van der Waals surface area contributed by atoms with E-state index in [9.17, 15) is 15.0 Å². The Bertz CT molecular complexity index is 620. The van der Waals surface area contributed by atoms with Crippen LogP contribution in [0.1, 0.15) is 18.2 Å². The third-order valence-corrected chi connectivity index (χ3v) is 2.90. The van der Waals surface area contributed by atoms with Gasteiger partial charge in [-0.3, -0.25) is 4.99 Å². The monoisotopic (exact) mass is 273 g/mol. The Labute approximate surface area is 115 Å². The van der Waals surface area contributed by atoms with Crippen LogP contribution in [0, 0.1) is 0 Å². The Morgan fingerprint density at radius 1 is 1.45 bits per heavy atom. The highest BCUT2D eigenvalue weighted by Gasteiger charge is 2.18. The lowest BCUT2D eigenvalue weighted by Gasteiger charge is -2.09. The maximum Gasteiger partial charge on any atom is 0.328 e. The number of para-hydroxylation sites is 1. The minimum absolute atomic E-state index is 0.0828. The Hall–Kier alpha value is -2.63. The molecule has 0 aliphatic carbocycles. The topological polar surface area (TPSA) is 98.6 Å². The molecule has 0 saturated heterocycles. The first-order valence-electron chi connectivity index (χ1n) is 6.10. The summed E-state index contributed by atoms with van der Waals surface area (Å²) in [4.78, 5) is 22.2. The number of phenols is 1. The zero-order valence-electron chi connectivity index (χ0n) is 10.9. The minimum atomic E-state index is -1.02. The molecule has 20 heavy (non-hydrogen) atoms. The summed E-state index contributed by atoms with van der Waals surface area (Å²) >= 11 is 0. The lowest BCUT2D eigenvalue weighted by molar-refractivity contribution is -0.138. The predicted molar refractivity (Wildman–Crippen MR) is 74.0 cm³/mol. The Morgan fingerprint density at radius 2 is 2.20 bits per heavy atom. The number of benzene rings is 1. The van der Waals surface area contributed by atoms with Crippen molar-refractivity contribution >= 4 is 11.7 Å². The van der Waals surface area contributed by atoms with Gasteiger partial charge in [0.05, 0.1) is 6.33 Å². The van der Waals surface area contributed by atoms with E-state index in [1.54, 1.807) is 37.4 Å². The minimum Gasteiger partial charge on any atom is -0.507 e. The number of aromatic nitrogens is 2. The summed E-state index contributed by atoms with van der Waals surface area (Å²) in [5.41, 5.74) is 1.71. The van der Waals surface area contributed by atoms with Crippen LogP contribution in [0.25, 0.3) is 0 Å². The van der Waals surface area contributed by atoms with E-state index in [2.05, 4.69) is 15.0 Å². The zero-order chi connectivity index (χ0) is 14.5. The number of imidazole rings is 1. The number of carboxylic acids is 1. The van der Waals surface area contributed by atoms with Crippen LogP contribution in [0.5, 0.6) is 5.75 Å². The fraction of sp³-hybridized carbons (Fsp3) is 0.214. The van der Waals surface area contributed by atoms with Gasteiger partial charge in [0.2, 0.25) is 0 Å². The number of aromatic amines is 1. The smallest absolute Gasteiger partial charge is 0.328 e. The van der Waals surface area contributed by atoms with Gasteiger partial charge in [0.15, 0.2) is 6.04 Å². The third-order valence-electron chi connectivity index (χ3n) is 2.90. The van der Waals surface area contributed by atoms with Crippen molar-refractivity contribution in [1.82, 2.24) is 9.97 Å². The normalized spacial score (nSPS) is 13.2. The molecule has 1 aromatic carbocycles. The average Bonchev–Trinajstić information content (AvgIpc) is 2.91. The van der Waals surface area contributed by atoms with Gasteiger partial charge in [-0.15, -0.1) is 0 Å². The van der Waals surface area contributed by atoms with E-state index in [0.717, 1.165) is 0 Å². The fourth-order valence-corrected chi connectivity index (χ4v) is 1.88. The van der Waals surface area contributed by atoms with Crippen LogP contribution in [-0.4, -0.2) is 37.9 Å². The van der Waals surface area contributed by atoms with Crippen LogP contribution in [0.2, 0.25) is 0 Å². The van der Waals surface area contributed by atoms with E-state index in [0.29, 0.717) is 17.0 Å². The number of aromatic hydroxyl groups is 1. The van der Waals surface area contributed by atoms with Gasteiger partial charge >= 0.3 is 5.97 Å². The molecule has 0 amide bonds. The first-order chi connectivity index (χ1) is 9.58. The van der Waals surface area contributed by atoms with E-state index in [-0.39, 0.29) is 12.2 Å². The molecule has 0 radical (unpaired) electrons. The number of hydrogen-bond acceptors (Lipinski definition) is 4. The first kappa shape index (κ1) is 13.8. The van der Waals surface area contributed by atoms with Crippen molar-refractivity contribution in [2.24, 2.45) is 4.99 Å². The Morgan fingerprint density at radius 3 is 2.80 bits per heavy atom. The molecule has 1 atom stereocenters. The second-order valence-corrected chi connectivity index (χ2v) is 4.37. The molecule has 6 nitrogen and oxygen atoms in total. The zero-order valence-corrected chi connectivity index (χ0v) is 10.9. The molecule has 0 fully saturated rings. The number of rotatable bonds is 5. The quantitative estimate of drug-likeness (QED) is 0.721. The molecule has 0 unspecified atom stereocenters. The molecule has 0 spiro atoms. The van der Waals surface area contributed by atoms with Crippen molar-refractivity contribution in [3.63, 3.8) is 0 Å². The van der Waals surface area contributed by atoms with Crippen molar-refractivity contribution in [2.75, 3.05) is 0 Å². The predicted octanol–water partition coefficient (Wildman–Crippen LogP) is 1.62. The van der Waals surface area contributed by atoms with Gasteiger partial charge in [-0.05, 0) is 19.1 Å². The highest BCUT2D eigenvalue weighted by molar-refractivity contribution is 6.02.